The lowest BCUT2D eigenvalue weighted by molar-refractivity contribution is -0.122. The van der Waals surface area contributed by atoms with Gasteiger partial charge in [0, 0.05) is 18.7 Å². The van der Waals surface area contributed by atoms with Gasteiger partial charge in [-0.3, -0.25) is 4.79 Å². The fourth-order valence-electron chi connectivity index (χ4n) is 2.86. The summed E-state index contributed by atoms with van der Waals surface area (Å²) in [5.41, 5.74) is 6.40. The van der Waals surface area contributed by atoms with Crippen molar-refractivity contribution in [2.24, 2.45) is 10.7 Å². The van der Waals surface area contributed by atoms with Crippen molar-refractivity contribution in [3.63, 3.8) is 0 Å². The first-order valence-electron chi connectivity index (χ1n) is 8.68. The normalized spacial score (nSPS) is 22.8. The Morgan fingerprint density at radius 1 is 1.22 bits per heavy atom. The maximum atomic E-state index is 11.9. The summed E-state index contributed by atoms with van der Waals surface area (Å²) in [6.45, 7) is 1.98. The van der Waals surface area contributed by atoms with Crippen LogP contribution in [0.3, 0.4) is 0 Å². The molecule has 0 bridgehead atoms. The molecule has 1 fully saturated rings. The molecule has 0 radical (unpaired) electrons. The molecule has 5 nitrogen and oxygen atoms in total. The van der Waals surface area contributed by atoms with Gasteiger partial charge in [0.1, 0.15) is 0 Å². The van der Waals surface area contributed by atoms with Crippen molar-refractivity contribution in [3.8, 4) is 0 Å². The number of carbonyl (C=O) groups excluding carboxylic acids is 1. The number of hydrogen-bond acceptors (Lipinski definition) is 3. The van der Waals surface area contributed by atoms with Crippen molar-refractivity contribution in [3.05, 3.63) is 23.9 Å². The third-order valence-corrected chi connectivity index (χ3v) is 4.14. The van der Waals surface area contributed by atoms with E-state index in [0.717, 1.165) is 56.9 Å². The van der Waals surface area contributed by atoms with Crippen LogP contribution in [0.15, 0.2) is 28.9 Å². The van der Waals surface area contributed by atoms with Gasteiger partial charge in [0.25, 0.3) is 0 Å². The molecule has 5 heteroatoms. The second kappa shape index (κ2) is 11.9. The first-order valence-corrected chi connectivity index (χ1v) is 8.68. The molecule has 0 spiro atoms. The topological polar surface area (TPSA) is 87.7 Å². The fraction of sp³-hybridized carbons (Fsp3) is 0.667. The molecule has 1 amide bonds. The zero-order valence-electron chi connectivity index (χ0n) is 14.2. The number of amides is 1. The molecule has 0 aromatic rings. The van der Waals surface area contributed by atoms with E-state index in [1.807, 2.05) is 19.1 Å². The summed E-state index contributed by atoms with van der Waals surface area (Å²) >= 11 is 0. The first-order chi connectivity index (χ1) is 11.2. The molecule has 1 rings (SSSR count). The van der Waals surface area contributed by atoms with Gasteiger partial charge in [0.05, 0.1) is 12.4 Å². The summed E-state index contributed by atoms with van der Waals surface area (Å²) < 4.78 is 0. The van der Waals surface area contributed by atoms with Crippen molar-refractivity contribution < 1.29 is 9.90 Å². The van der Waals surface area contributed by atoms with Gasteiger partial charge in [-0.15, -0.1) is 0 Å². The number of aliphatic hydroxyl groups is 1. The van der Waals surface area contributed by atoms with Crippen LogP contribution in [0, 0.1) is 0 Å². The minimum Gasteiger partial charge on any atom is -0.393 e. The number of nitrogens with two attached hydrogens (primary N) is 1. The highest BCUT2D eigenvalue weighted by atomic mass is 16.3. The number of carbonyl (C=O) groups is 1. The number of rotatable bonds is 9. The molecule has 0 unspecified atom stereocenters. The first kappa shape index (κ1) is 19.4. The molecule has 0 heterocycles. The number of nitrogens with zero attached hydrogens (tertiary/aromatic N) is 1. The highest BCUT2D eigenvalue weighted by Crippen LogP contribution is 2.18. The average Bonchev–Trinajstić information content (AvgIpc) is 2.54. The zero-order valence-corrected chi connectivity index (χ0v) is 14.2. The summed E-state index contributed by atoms with van der Waals surface area (Å²) in [4.78, 5) is 15.9. The monoisotopic (exact) mass is 321 g/mol. The zero-order chi connectivity index (χ0) is 16.9. The molecule has 1 saturated carbocycles. The summed E-state index contributed by atoms with van der Waals surface area (Å²) in [5.74, 6) is 0.142. The predicted octanol–water partition coefficient (Wildman–Crippen LogP) is 2.80. The van der Waals surface area contributed by atoms with E-state index in [0.29, 0.717) is 6.42 Å². The molecule has 0 atom stereocenters. The van der Waals surface area contributed by atoms with Crippen molar-refractivity contribution in [2.75, 3.05) is 0 Å². The van der Waals surface area contributed by atoms with Crippen LogP contribution in [0.2, 0.25) is 0 Å². The Labute approximate surface area is 139 Å². The summed E-state index contributed by atoms with van der Waals surface area (Å²) in [7, 11) is 0. The number of nitrogens with one attached hydrogen (secondary N) is 1. The van der Waals surface area contributed by atoms with Gasteiger partial charge >= 0.3 is 0 Å². The van der Waals surface area contributed by atoms with Gasteiger partial charge in [0.2, 0.25) is 5.91 Å². The summed E-state index contributed by atoms with van der Waals surface area (Å²) in [5, 5.41) is 12.5. The van der Waals surface area contributed by atoms with Crippen molar-refractivity contribution in [2.45, 2.75) is 76.9 Å². The second-order valence-corrected chi connectivity index (χ2v) is 6.14. The van der Waals surface area contributed by atoms with E-state index in [1.54, 1.807) is 6.20 Å². The number of hydrogen-bond donors (Lipinski definition) is 3. The molecule has 4 N–H and O–H groups in total. The summed E-state index contributed by atoms with van der Waals surface area (Å²) in [6, 6.07) is 0.254. The van der Waals surface area contributed by atoms with Crippen LogP contribution in [0.25, 0.3) is 0 Å². The highest BCUT2D eigenvalue weighted by Gasteiger charge is 2.20. The molecular weight excluding hydrogens is 290 g/mol. The largest absolute Gasteiger partial charge is 0.393 e. The molecule has 1 aliphatic carbocycles. The lowest BCUT2D eigenvalue weighted by Crippen LogP contribution is -2.38. The predicted molar refractivity (Wildman–Crippen MR) is 95.1 cm³/mol. The number of aliphatic hydroxyl groups excluding tert-OH is 1. The molecule has 1 aliphatic rings. The van der Waals surface area contributed by atoms with Crippen LogP contribution in [-0.2, 0) is 4.79 Å². The Morgan fingerprint density at radius 3 is 2.57 bits per heavy atom. The Balaban J connectivity index is 2.12. The van der Waals surface area contributed by atoms with E-state index >= 15 is 0 Å². The third kappa shape index (κ3) is 9.18. The lowest BCUT2D eigenvalue weighted by atomic mass is 9.93. The van der Waals surface area contributed by atoms with Gasteiger partial charge in [-0.2, -0.15) is 0 Å². The lowest BCUT2D eigenvalue weighted by Gasteiger charge is -2.26. The SMILES string of the molecule is C\C=C/C(=C\N=C/N)CCCCCC(=O)NC1CCC(O)CC1. The standard InChI is InChI=1S/C18H31N3O2/c1-2-6-15(13-20-14-19)7-4-3-5-8-18(23)21-16-9-11-17(22)12-10-16/h2,6,13-14,16-17,22H,3-5,7-12H2,1H3,(H2,19,20)(H,21,23)/b6-2-,15-13+. The fourth-order valence-corrected chi connectivity index (χ4v) is 2.86. The van der Waals surface area contributed by atoms with Gasteiger partial charge < -0.3 is 16.2 Å². The Hall–Kier alpha value is -1.62. The van der Waals surface area contributed by atoms with Crippen molar-refractivity contribution in [1.82, 2.24) is 5.32 Å². The molecule has 0 aliphatic heterocycles. The molecule has 0 aromatic carbocycles. The van der Waals surface area contributed by atoms with Gasteiger partial charge in [0.15, 0.2) is 0 Å². The van der Waals surface area contributed by atoms with Crippen LogP contribution < -0.4 is 11.1 Å². The van der Waals surface area contributed by atoms with Crippen molar-refractivity contribution in [1.29, 1.82) is 0 Å². The Morgan fingerprint density at radius 2 is 1.91 bits per heavy atom. The molecule has 0 saturated heterocycles. The Bertz CT molecular complexity index is 422. The second-order valence-electron chi connectivity index (χ2n) is 6.14. The average molecular weight is 321 g/mol. The minimum absolute atomic E-state index is 0.142. The van der Waals surface area contributed by atoms with E-state index in [9.17, 15) is 9.90 Å². The van der Waals surface area contributed by atoms with Crippen LogP contribution in [0.5, 0.6) is 0 Å². The van der Waals surface area contributed by atoms with Crippen molar-refractivity contribution >= 4 is 12.2 Å². The van der Waals surface area contributed by atoms with Crippen LogP contribution in [0.1, 0.15) is 64.7 Å². The van der Waals surface area contributed by atoms with E-state index in [-0.39, 0.29) is 18.1 Å². The maximum absolute atomic E-state index is 11.9. The van der Waals surface area contributed by atoms with Gasteiger partial charge in [-0.25, -0.2) is 4.99 Å². The molecule has 130 valence electrons. The minimum atomic E-state index is -0.175. The quantitative estimate of drug-likeness (QED) is 0.264. The Kier molecular flexibility index (Phi) is 10.0. The number of aliphatic imine (C=N–C) groups is 1. The smallest absolute Gasteiger partial charge is 0.220 e. The third-order valence-electron chi connectivity index (χ3n) is 4.14. The highest BCUT2D eigenvalue weighted by molar-refractivity contribution is 5.76. The summed E-state index contributed by atoms with van der Waals surface area (Å²) in [6.07, 6.45) is 14.8. The molecule has 0 aromatic heterocycles. The van der Waals surface area contributed by atoms with E-state index < -0.39 is 0 Å². The molecular formula is C18H31N3O2. The van der Waals surface area contributed by atoms with E-state index in [1.165, 1.54) is 6.34 Å². The van der Waals surface area contributed by atoms with E-state index in [4.69, 9.17) is 5.73 Å². The maximum Gasteiger partial charge on any atom is 0.220 e. The van der Waals surface area contributed by atoms with Crippen LogP contribution >= 0.6 is 0 Å². The van der Waals surface area contributed by atoms with Crippen LogP contribution in [-0.4, -0.2) is 29.5 Å². The number of unbranched alkanes of at least 4 members (excludes halogenated alkanes) is 2. The van der Waals surface area contributed by atoms with E-state index in [2.05, 4.69) is 10.3 Å². The van der Waals surface area contributed by atoms with Crippen LogP contribution in [0.4, 0.5) is 0 Å². The molecule has 23 heavy (non-hydrogen) atoms. The van der Waals surface area contributed by atoms with Gasteiger partial charge in [-0.1, -0.05) is 18.6 Å². The van der Waals surface area contributed by atoms with Gasteiger partial charge in [-0.05, 0) is 57.4 Å². The number of allylic oxidation sites excluding steroid dienone is 3.